The third-order valence-corrected chi connectivity index (χ3v) is 7.63. The minimum atomic E-state index is -0.383. The number of rotatable bonds is 7. The van der Waals surface area contributed by atoms with Gasteiger partial charge in [0, 0.05) is 9.79 Å². The maximum absolute atomic E-state index is 14.0. The van der Waals surface area contributed by atoms with Gasteiger partial charge in [-0.2, -0.15) is 0 Å². The Morgan fingerprint density at radius 2 is 0.778 bits per heavy atom. The first kappa shape index (κ1) is 25.9. The fourth-order valence-corrected chi connectivity index (χ4v) is 5.77. The van der Waals surface area contributed by atoms with Gasteiger partial charge in [0.15, 0.2) is 10.2 Å². The first-order chi connectivity index (χ1) is 17.5. The van der Waals surface area contributed by atoms with Gasteiger partial charge in [-0.15, -0.1) is 0 Å². The van der Waals surface area contributed by atoms with Crippen LogP contribution < -0.4 is 21.3 Å². The molecule has 0 radical (unpaired) electrons. The summed E-state index contributed by atoms with van der Waals surface area (Å²) in [6, 6.07) is 28.1. The summed E-state index contributed by atoms with van der Waals surface area (Å²) in [6.45, 7) is 0. The summed E-state index contributed by atoms with van der Waals surface area (Å²) in [7, 11) is 3.06. The second-order valence-electron chi connectivity index (χ2n) is 7.28. The average Bonchev–Trinajstić information content (AvgIpc) is 2.87. The van der Waals surface area contributed by atoms with E-state index in [2.05, 4.69) is 21.3 Å². The maximum Gasteiger partial charge on any atom is 0.175 e. The van der Waals surface area contributed by atoms with Gasteiger partial charge in [-0.1, -0.05) is 70.1 Å². The van der Waals surface area contributed by atoms with E-state index in [1.165, 1.54) is 33.7 Å². The van der Waals surface area contributed by atoms with Gasteiger partial charge < -0.3 is 21.3 Å². The van der Waals surface area contributed by atoms with Gasteiger partial charge in [-0.25, -0.2) is 8.78 Å². The molecular weight excluding hydrogens is 535 g/mol. The number of nitrogens with one attached hydrogen (secondary N) is 4. The van der Waals surface area contributed by atoms with Crippen molar-refractivity contribution >= 4 is 79.0 Å². The van der Waals surface area contributed by atoms with Gasteiger partial charge in [0.05, 0.1) is 22.7 Å². The van der Waals surface area contributed by atoms with Crippen LogP contribution in [0.2, 0.25) is 0 Å². The molecule has 4 rings (SSSR count). The molecular formula is C26H20F2N4S4. The topological polar surface area (TPSA) is 48.1 Å². The van der Waals surface area contributed by atoms with Gasteiger partial charge in [-0.05, 0) is 73.0 Å². The lowest BCUT2D eigenvalue weighted by Gasteiger charge is -2.16. The van der Waals surface area contributed by atoms with Crippen LogP contribution in [0.5, 0.6) is 0 Å². The maximum atomic E-state index is 14.0. The number of para-hydroxylation sites is 4. The highest BCUT2D eigenvalue weighted by Gasteiger charge is 2.11. The summed E-state index contributed by atoms with van der Waals surface area (Å²) in [5, 5.41) is 12.6. The molecule has 0 atom stereocenters. The molecule has 0 aliphatic heterocycles. The normalized spacial score (nSPS) is 10.4. The van der Waals surface area contributed by atoms with Crippen molar-refractivity contribution in [2.75, 3.05) is 21.3 Å². The largest absolute Gasteiger partial charge is 0.332 e. The first-order valence-corrected chi connectivity index (χ1v) is 13.6. The Bertz CT molecular complexity index is 1280. The van der Waals surface area contributed by atoms with Crippen LogP contribution in [-0.2, 0) is 0 Å². The van der Waals surface area contributed by atoms with Crippen LogP contribution >= 0.6 is 46.0 Å². The molecule has 0 amide bonds. The molecule has 0 fully saturated rings. The SMILES string of the molecule is Fc1ccccc1NC(=S)Nc1ccccc1SSc1ccccc1NC(=S)Nc1ccccc1F. The second-order valence-corrected chi connectivity index (χ2v) is 10.3. The zero-order chi connectivity index (χ0) is 25.3. The molecule has 0 unspecified atom stereocenters. The van der Waals surface area contributed by atoms with Crippen LogP contribution in [0, 0.1) is 11.6 Å². The fraction of sp³-hybridized carbons (Fsp3) is 0. The van der Waals surface area contributed by atoms with Crippen molar-refractivity contribution in [1.82, 2.24) is 0 Å². The molecule has 4 N–H and O–H groups in total. The van der Waals surface area contributed by atoms with Crippen molar-refractivity contribution in [1.29, 1.82) is 0 Å². The van der Waals surface area contributed by atoms with E-state index in [9.17, 15) is 8.78 Å². The zero-order valence-corrected chi connectivity index (χ0v) is 21.9. The predicted octanol–water partition coefficient (Wildman–Crippen LogP) is 8.38. The van der Waals surface area contributed by atoms with Crippen LogP contribution in [0.15, 0.2) is 107 Å². The summed E-state index contributed by atoms with van der Waals surface area (Å²) in [4.78, 5) is 1.86. The molecule has 182 valence electrons. The number of anilines is 4. The highest BCUT2D eigenvalue weighted by atomic mass is 33.1. The molecule has 0 spiro atoms. The number of hydrogen-bond donors (Lipinski definition) is 4. The smallest absolute Gasteiger partial charge is 0.175 e. The van der Waals surface area contributed by atoms with E-state index in [-0.39, 0.29) is 21.9 Å². The molecule has 4 nitrogen and oxygen atoms in total. The zero-order valence-electron chi connectivity index (χ0n) is 18.6. The Hall–Kier alpha value is -3.18. The Balaban J connectivity index is 1.41. The summed E-state index contributed by atoms with van der Waals surface area (Å²) in [6.07, 6.45) is 0. The van der Waals surface area contributed by atoms with E-state index in [0.29, 0.717) is 11.4 Å². The van der Waals surface area contributed by atoms with Crippen LogP contribution in [0.1, 0.15) is 0 Å². The van der Waals surface area contributed by atoms with E-state index < -0.39 is 0 Å². The molecule has 0 aromatic heterocycles. The predicted molar refractivity (Wildman–Crippen MR) is 157 cm³/mol. The summed E-state index contributed by atoms with van der Waals surface area (Å²) in [5.41, 5.74) is 2.17. The number of hydrogen-bond acceptors (Lipinski definition) is 4. The molecule has 0 saturated carbocycles. The van der Waals surface area contributed by atoms with E-state index in [1.54, 1.807) is 36.4 Å². The lowest BCUT2D eigenvalue weighted by atomic mass is 10.3. The van der Waals surface area contributed by atoms with E-state index in [4.69, 9.17) is 24.4 Å². The van der Waals surface area contributed by atoms with Crippen LogP contribution in [0.3, 0.4) is 0 Å². The van der Waals surface area contributed by atoms with Gasteiger partial charge >= 0.3 is 0 Å². The van der Waals surface area contributed by atoms with Crippen LogP contribution in [0.4, 0.5) is 31.5 Å². The monoisotopic (exact) mass is 554 g/mol. The minimum absolute atomic E-state index is 0.282. The van der Waals surface area contributed by atoms with Crippen molar-refractivity contribution in [3.05, 3.63) is 109 Å². The standard InChI is InChI=1S/C26H20F2N4S4/c27-17-9-1-3-11-19(17)29-25(33)31-21-13-5-7-15-23(21)35-36-24-16-8-6-14-22(24)32-26(34)30-20-12-4-2-10-18(20)28/h1-16H,(H2,29,31,33)(H2,30,32,34). The quantitative estimate of drug-likeness (QED) is 0.134. The minimum Gasteiger partial charge on any atom is -0.332 e. The second kappa shape index (κ2) is 12.7. The highest BCUT2D eigenvalue weighted by Crippen LogP contribution is 2.43. The Labute approximate surface area is 226 Å². The number of thiocarbonyl (C=S) groups is 2. The molecule has 4 aromatic carbocycles. The third kappa shape index (κ3) is 7.17. The van der Waals surface area contributed by atoms with Crippen molar-refractivity contribution < 1.29 is 8.78 Å². The third-order valence-electron chi connectivity index (χ3n) is 4.74. The van der Waals surface area contributed by atoms with Crippen molar-refractivity contribution in [3.63, 3.8) is 0 Å². The van der Waals surface area contributed by atoms with E-state index in [0.717, 1.165) is 21.2 Å². The molecule has 36 heavy (non-hydrogen) atoms. The number of halogens is 2. The van der Waals surface area contributed by atoms with Gasteiger partial charge in [0.25, 0.3) is 0 Å². The van der Waals surface area contributed by atoms with Gasteiger partial charge in [-0.3, -0.25) is 0 Å². The molecule has 0 heterocycles. The van der Waals surface area contributed by atoms with Crippen LogP contribution in [-0.4, -0.2) is 10.2 Å². The highest BCUT2D eigenvalue weighted by molar-refractivity contribution is 8.76. The average molecular weight is 555 g/mol. The summed E-state index contributed by atoms with van der Waals surface area (Å²) in [5.74, 6) is -0.766. The fourth-order valence-electron chi connectivity index (χ4n) is 3.05. The molecule has 10 heteroatoms. The van der Waals surface area contributed by atoms with Crippen molar-refractivity contribution in [3.8, 4) is 0 Å². The Morgan fingerprint density at radius 3 is 1.17 bits per heavy atom. The Kier molecular flexibility index (Phi) is 9.12. The lowest BCUT2D eigenvalue weighted by Crippen LogP contribution is -2.20. The Morgan fingerprint density at radius 1 is 0.472 bits per heavy atom. The van der Waals surface area contributed by atoms with Gasteiger partial charge in [0.1, 0.15) is 11.6 Å². The van der Waals surface area contributed by atoms with E-state index >= 15 is 0 Å². The lowest BCUT2D eigenvalue weighted by molar-refractivity contribution is 0.632. The molecule has 0 aliphatic rings. The first-order valence-electron chi connectivity index (χ1n) is 10.7. The molecule has 0 bridgehead atoms. The van der Waals surface area contributed by atoms with Gasteiger partial charge in [0.2, 0.25) is 0 Å². The molecule has 4 aromatic rings. The summed E-state index contributed by atoms with van der Waals surface area (Å²) >= 11 is 10.8. The van der Waals surface area contributed by atoms with E-state index in [1.807, 2.05) is 48.5 Å². The molecule has 0 saturated heterocycles. The number of benzene rings is 4. The summed E-state index contributed by atoms with van der Waals surface area (Å²) < 4.78 is 27.9. The molecule has 0 aliphatic carbocycles. The van der Waals surface area contributed by atoms with Crippen molar-refractivity contribution in [2.24, 2.45) is 0 Å². The van der Waals surface area contributed by atoms with Crippen LogP contribution in [0.25, 0.3) is 0 Å². The van der Waals surface area contributed by atoms with Crippen molar-refractivity contribution in [2.45, 2.75) is 9.79 Å².